The minimum atomic E-state index is 0.718. The normalized spacial score (nSPS) is 30.8. The Kier molecular flexibility index (Phi) is 1.11. The van der Waals surface area contributed by atoms with Crippen molar-refractivity contribution in [1.29, 1.82) is 0 Å². The van der Waals surface area contributed by atoms with Crippen LogP contribution in [0.4, 0.5) is 0 Å². The van der Waals surface area contributed by atoms with Crippen LogP contribution in [0.25, 0.3) is 0 Å². The standard InChI is InChI=1S/C11H13N/c1-7-11-9-4-2-8(3-5-9)10(11)6-12-7/h2,4,6,8-9,12H,3,5H2,1H3/t8-,9-/m1/s1. The first-order valence-corrected chi connectivity index (χ1v) is 4.72. The van der Waals surface area contributed by atoms with Crippen molar-refractivity contribution in [3.8, 4) is 0 Å². The summed E-state index contributed by atoms with van der Waals surface area (Å²) in [5, 5.41) is 0. The summed E-state index contributed by atoms with van der Waals surface area (Å²) in [6.45, 7) is 2.19. The van der Waals surface area contributed by atoms with E-state index in [0.29, 0.717) is 0 Å². The molecule has 0 amide bonds. The van der Waals surface area contributed by atoms with Gasteiger partial charge in [-0.25, -0.2) is 0 Å². The SMILES string of the molecule is Cc1[nH]cc2c1[C@@H]1C=C[C@@H]2CC1. The van der Waals surface area contributed by atoms with Gasteiger partial charge in [-0.3, -0.25) is 0 Å². The highest BCUT2D eigenvalue weighted by molar-refractivity contribution is 5.46. The van der Waals surface area contributed by atoms with Crippen molar-refractivity contribution in [2.45, 2.75) is 31.6 Å². The van der Waals surface area contributed by atoms with E-state index in [-0.39, 0.29) is 0 Å². The van der Waals surface area contributed by atoms with Gasteiger partial charge in [-0.2, -0.15) is 0 Å². The van der Waals surface area contributed by atoms with Crippen molar-refractivity contribution in [3.05, 3.63) is 35.2 Å². The molecule has 0 saturated carbocycles. The van der Waals surface area contributed by atoms with E-state index in [2.05, 4.69) is 30.3 Å². The number of allylic oxidation sites excluding steroid dienone is 2. The number of aromatic nitrogens is 1. The quantitative estimate of drug-likeness (QED) is 0.560. The van der Waals surface area contributed by atoms with Crippen LogP contribution in [0.1, 0.15) is 41.5 Å². The summed E-state index contributed by atoms with van der Waals surface area (Å²) in [5.74, 6) is 1.44. The molecule has 0 spiro atoms. The summed E-state index contributed by atoms with van der Waals surface area (Å²) in [6, 6.07) is 0. The second-order valence-electron chi connectivity index (χ2n) is 3.96. The number of fused-ring (bicyclic) bond motifs is 1. The average Bonchev–Trinajstić information content (AvgIpc) is 2.53. The van der Waals surface area contributed by atoms with Gasteiger partial charge in [0.05, 0.1) is 0 Å². The number of aromatic amines is 1. The molecule has 0 aromatic carbocycles. The van der Waals surface area contributed by atoms with Gasteiger partial charge in [0, 0.05) is 23.7 Å². The molecule has 0 saturated heterocycles. The molecule has 62 valence electrons. The lowest BCUT2D eigenvalue weighted by molar-refractivity contribution is 0.555. The average molecular weight is 159 g/mol. The molecule has 2 bridgehead atoms. The molecular formula is C11H13N. The first kappa shape index (κ1) is 6.53. The molecule has 0 aliphatic heterocycles. The third kappa shape index (κ3) is 0.644. The number of nitrogens with one attached hydrogen (secondary N) is 1. The summed E-state index contributed by atoms with van der Waals surface area (Å²) in [4.78, 5) is 3.34. The first-order valence-electron chi connectivity index (χ1n) is 4.72. The maximum atomic E-state index is 3.34. The second-order valence-corrected chi connectivity index (χ2v) is 3.96. The lowest BCUT2D eigenvalue weighted by atomic mass is 9.73. The van der Waals surface area contributed by atoms with Gasteiger partial charge in [-0.1, -0.05) is 12.2 Å². The summed E-state index contributed by atoms with van der Waals surface area (Å²) in [6.07, 6.45) is 9.67. The molecule has 1 heterocycles. The van der Waals surface area contributed by atoms with E-state index >= 15 is 0 Å². The molecule has 0 unspecified atom stereocenters. The number of hydrogen-bond acceptors (Lipinski definition) is 0. The number of hydrogen-bond donors (Lipinski definition) is 1. The van der Waals surface area contributed by atoms with E-state index in [1.807, 2.05) is 0 Å². The zero-order valence-corrected chi connectivity index (χ0v) is 7.30. The number of rotatable bonds is 0. The van der Waals surface area contributed by atoms with Crippen LogP contribution in [0.15, 0.2) is 18.3 Å². The molecule has 1 aromatic heterocycles. The molecule has 2 atom stereocenters. The Morgan fingerprint density at radius 1 is 1.25 bits per heavy atom. The summed E-state index contributed by atoms with van der Waals surface area (Å²) in [5.41, 5.74) is 4.53. The molecule has 12 heavy (non-hydrogen) atoms. The van der Waals surface area contributed by atoms with Crippen LogP contribution in [0.5, 0.6) is 0 Å². The van der Waals surface area contributed by atoms with Crippen LogP contribution in [-0.2, 0) is 0 Å². The van der Waals surface area contributed by atoms with Crippen LogP contribution in [0, 0.1) is 6.92 Å². The van der Waals surface area contributed by atoms with Crippen LogP contribution < -0.4 is 0 Å². The minimum absolute atomic E-state index is 0.718. The molecule has 1 aromatic rings. The van der Waals surface area contributed by atoms with Gasteiger partial charge >= 0.3 is 0 Å². The van der Waals surface area contributed by atoms with Crippen molar-refractivity contribution in [2.24, 2.45) is 0 Å². The van der Waals surface area contributed by atoms with Gasteiger partial charge in [-0.15, -0.1) is 0 Å². The molecule has 3 aliphatic carbocycles. The molecule has 3 aliphatic rings. The molecule has 1 N–H and O–H groups in total. The van der Waals surface area contributed by atoms with Crippen molar-refractivity contribution < 1.29 is 0 Å². The fraction of sp³-hybridized carbons (Fsp3) is 0.455. The van der Waals surface area contributed by atoms with Gasteiger partial charge in [0.15, 0.2) is 0 Å². The zero-order chi connectivity index (χ0) is 8.13. The van der Waals surface area contributed by atoms with E-state index in [1.54, 1.807) is 11.1 Å². The van der Waals surface area contributed by atoms with Crippen molar-refractivity contribution in [2.75, 3.05) is 0 Å². The zero-order valence-electron chi connectivity index (χ0n) is 7.30. The van der Waals surface area contributed by atoms with Crippen LogP contribution in [0.2, 0.25) is 0 Å². The Morgan fingerprint density at radius 3 is 2.67 bits per heavy atom. The summed E-state index contributed by atoms with van der Waals surface area (Å²) < 4.78 is 0. The van der Waals surface area contributed by atoms with Gasteiger partial charge in [0.2, 0.25) is 0 Å². The summed E-state index contributed by atoms with van der Waals surface area (Å²) >= 11 is 0. The first-order chi connectivity index (χ1) is 5.86. The fourth-order valence-corrected chi connectivity index (χ4v) is 2.68. The second kappa shape index (κ2) is 2.03. The fourth-order valence-electron chi connectivity index (χ4n) is 2.68. The Labute approximate surface area is 72.5 Å². The monoisotopic (exact) mass is 159 g/mol. The third-order valence-electron chi connectivity index (χ3n) is 3.29. The molecule has 0 fully saturated rings. The van der Waals surface area contributed by atoms with Crippen molar-refractivity contribution >= 4 is 0 Å². The van der Waals surface area contributed by atoms with E-state index in [0.717, 1.165) is 11.8 Å². The van der Waals surface area contributed by atoms with Crippen molar-refractivity contribution in [3.63, 3.8) is 0 Å². The third-order valence-corrected chi connectivity index (χ3v) is 3.29. The van der Waals surface area contributed by atoms with E-state index in [1.165, 1.54) is 18.5 Å². The van der Waals surface area contributed by atoms with Crippen LogP contribution >= 0.6 is 0 Å². The Bertz CT molecular complexity index is 346. The Morgan fingerprint density at radius 2 is 2.00 bits per heavy atom. The van der Waals surface area contributed by atoms with Gasteiger partial charge in [0.1, 0.15) is 0 Å². The van der Waals surface area contributed by atoms with Crippen LogP contribution in [-0.4, -0.2) is 4.98 Å². The van der Waals surface area contributed by atoms with Crippen LogP contribution in [0.3, 0.4) is 0 Å². The minimum Gasteiger partial charge on any atom is -0.365 e. The van der Waals surface area contributed by atoms with Gasteiger partial charge in [0.25, 0.3) is 0 Å². The van der Waals surface area contributed by atoms with E-state index < -0.39 is 0 Å². The highest BCUT2D eigenvalue weighted by Crippen LogP contribution is 2.45. The highest BCUT2D eigenvalue weighted by Gasteiger charge is 2.30. The smallest absolute Gasteiger partial charge is 0.0157 e. The van der Waals surface area contributed by atoms with Gasteiger partial charge in [-0.05, 0) is 30.9 Å². The van der Waals surface area contributed by atoms with E-state index in [9.17, 15) is 0 Å². The predicted molar refractivity (Wildman–Crippen MR) is 49.4 cm³/mol. The largest absolute Gasteiger partial charge is 0.365 e. The van der Waals surface area contributed by atoms with Crippen molar-refractivity contribution in [1.82, 2.24) is 4.98 Å². The lowest BCUT2D eigenvalue weighted by Gasteiger charge is -2.31. The molecule has 1 nitrogen and oxygen atoms in total. The predicted octanol–water partition coefficient (Wildman–Crippen LogP) is 2.85. The molecular weight excluding hydrogens is 146 g/mol. The maximum Gasteiger partial charge on any atom is 0.0157 e. The number of H-pyrrole nitrogens is 1. The summed E-state index contributed by atoms with van der Waals surface area (Å²) in [7, 11) is 0. The maximum absolute atomic E-state index is 3.34. The molecule has 1 heteroatoms. The molecule has 4 rings (SSSR count). The Balaban J connectivity index is 2.26. The Hall–Kier alpha value is -0.980. The number of aryl methyl sites for hydroxylation is 1. The van der Waals surface area contributed by atoms with E-state index in [4.69, 9.17) is 0 Å². The molecule has 0 radical (unpaired) electrons. The topological polar surface area (TPSA) is 15.8 Å². The lowest BCUT2D eigenvalue weighted by Crippen LogP contribution is -2.15. The highest BCUT2D eigenvalue weighted by atomic mass is 14.7. The van der Waals surface area contributed by atoms with Gasteiger partial charge < -0.3 is 4.98 Å².